The Morgan fingerprint density at radius 2 is 1.84 bits per heavy atom. The molecule has 2 aromatic rings. The summed E-state index contributed by atoms with van der Waals surface area (Å²) in [6, 6.07) is -1.19. The summed E-state index contributed by atoms with van der Waals surface area (Å²) in [5, 5.41) is 23.8. The Morgan fingerprint density at radius 1 is 1.16 bits per heavy atom. The van der Waals surface area contributed by atoms with Gasteiger partial charge in [-0.15, -0.1) is 0 Å². The third-order valence-electron chi connectivity index (χ3n) is 6.62. The van der Waals surface area contributed by atoms with Crippen LogP contribution < -0.4 is 32.9 Å². The third kappa shape index (κ3) is 7.21. The summed E-state index contributed by atoms with van der Waals surface area (Å²) in [6.07, 6.45) is -12.7. The summed E-state index contributed by atoms with van der Waals surface area (Å²) in [5.74, 6) is -2.53. The van der Waals surface area contributed by atoms with Crippen LogP contribution in [0.2, 0.25) is 0 Å². The van der Waals surface area contributed by atoms with Crippen molar-refractivity contribution in [1.29, 1.82) is 0 Å². The molecule has 4 rings (SSSR count). The van der Waals surface area contributed by atoms with Crippen molar-refractivity contribution in [3.05, 3.63) is 65.7 Å². The van der Waals surface area contributed by atoms with Crippen molar-refractivity contribution in [1.82, 2.24) is 29.5 Å². The van der Waals surface area contributed by atoms with Crippen LogP contribution in [0.15, 0.2) is 37.6 Å². The van der Waals surface area contributed by atoms with Crippen LogP contribution >= 0.6 is 7.75 Å². The minimum Gasteiger partial charge on any atom is -0.394 e. The third-order valence-corrected chi connectivity index (χ3v) is 7.73. The van der Waals surface area contributed by atoms with Crippen molar-refractivity contribution >= 4 is 13.7 Å². The zero-order valence-electron chi connectivity index (χ0n) is 21.9. The number of nitrogens with zero attached hydrogens (tertiary/aromatic N) is 2. The van der Waals surface area contributed by atoms with Gasteiger partial charge in [0.15, 0.2) is 6.23 Å². The van der Waals surface area contributed by atoms with Gasteiger partial charge in [0.2, 0.25) is 0 Å². The number of alkyl halides is 3. The van der Waals surface area contributed by atoms with Crippen molar-refractivity contribution in [2.75, 3.05) is 13.2 Å². The molecule has 2 aliphatic rings. The molecule has 2 aromatic heterocycles. The predicted molar refractivity (Wildman–Crippen MR) is 134 cm³/mol. The van der Waals surface area contributed by atoms with Crippen molar-refractivity contribution in [3.8, 4) is 0 Å². The van der Waals surface area contributed by atoms with Crippen molar-refractivity contribution in [2.24, 2.45) is 0 Å². The molecule has 0 spiro atoms. The molecule has 18 nitrogen and oxygen atoms in total. The standard InChI is InChI=1S/C21H26F3N6O12P/c1-8-6-30(20(37)28-16(8)34)13-4-9(32)10(40-13)5-25-43(38,39)42-15-11(7-31)41-17(14(15)27-18(35)21(22,23)24)29-3-2-12(33)26-19(29)36/h2-3,6,9-11,13-15,17,31-32H,4-5,7H2,1H3,(H,27,35)(H2,25,38,39)(H,26,33,36)(H,28,34,37)/t9-,10+,11+,13+,14+,15+,17+/m0/s1. The lowest BCUT2D eigenvalue weighted by molar-refractivity contribution is -0.175. The second kappa shape index (κ2) is 12.3. The molecule has 0 aromatic carbocycles. The summed E-state index contributed by atoms with van der Waals surface area (Å²) < 4.78 is 70.0. The molecular formula is C21H26F3N6O12P. The highest BCUT2D eigenvalue weighted by Gasteiger charge is 2.52. The number of aryl methyl sites for hydroxylation is 1. The lowest BCUT2D eigenvalue weighted by Gasteiger charge is -2.28. The zero-order chi connectivity index (χ0) is 31.9. The highest BCUT2D eigenvalue weighted by atomic mass is 31.2. The fourth-order valence-electron chi connectivity index (χ4n) is 4.55. The fourth-order valence-corrected chi connectivity index (χ4v) is 5.63. The molecule has 0 saturated carbocycles. The van der Waals surface area contributed by atoms with Crippen molar-refractivity contribution < 1.29 is 51.6 Å². The molecule has 0 aliphatic carbocycles. The lowest BCUT2D eigenvalue weighted by Crippen LogP contribution is -2.52. The molecule has 2 saturated heterocycles. The maximum Gasteiger partial charge on any atom is 0.471 e. The number of aromatic amines is 2. The molecule has 2 fully saturated rings. The first-order valence-electron chi connectivity index (χ1n) is 12.4. The monoisotopic (exact) mass is 642 g/mol. The number of rotatable bonds is 9. The Labute approximate surface area is 236 Å². The molecule has 1 unspecified atom stereocenters. The van der Waals surface area contributed by atoms with Crippen LogP contribution in [0.25, 0.3) is 0 Å². The lowest BCUT2D eigenvalue weighted by atomic mass is 10.1. The van der Waals surface area contributed by atoms with E-state index in [1.807, 2.05) is 4.98 Å². The molecule has 7 N–H and O–H groups in total. The number of halogens is 3. The predicted octanol–water partition coefficient (Wildman–Crippen LogP) is -2.94. The van der Waals surface area contributed by atoms with Crippen LogP contribution in [0.1, 0.15) is 24.4 Å². The molecule has 1 amide bonds. The Bertz CT molecular complexity index is 1640. The summed E-state index contributed by atoms with van der Waals surface area (Å²) in [6.45, 7) is -0.202. The van der Waals surface area contributed by atoms with Crippen LogP contribution in [-0.4, -0.2) is 89.9 Å². The van der Waals surface area contributed by atoms with Crippen LogP contribution in [0, 0.1) is 6.92 Å². The first-order valence-corrected chi connectivity index (χ1v) is 14.0. The SMILES string of the molecule is Cc1cn([C@H]2C[C@H](O)[C@@H](CNP(=O)(O)O[C@H]3[C@@H](NC(=O)C(F)(F)F)[C@H](n4ccc(=O)[nH]c4=O)O[C@@H]3CO)O2)c(=O)[nH]c1=O. The van der Waals surface area contributed by atoms with E-state index in [2.05, 4.69) is 10.1 Å². The van der Waals surface area contributed by atoms with E-state index in [0.717, 1.165) is 16.8 Å². The van der Waals surface area contributed by atoms with E-state index < -0.39 is 98.4 Å². The molecule has 0 radical (unpaired) electrons. The second-order valence-corrected chi connectivity index (χ2v) is 11.2. The smallest absolute Gasteiger partial charge is 0.394 e. The number of carbonyl (C=O) groups is 1. The zero-order valence-corrected chi connectivity index (χ0v) is 22.8. The van der Waals surface area contributed by atoms with Crippen LogP contribution in [-0.2, 0) is 23.4 Å². The molecule has 43 heavy (non-hydrogen) atoms. The second-order valence-electron chi connectivity index (χ2n) is 9.63. The molecule has 238 valence electrons. The van der Waals surface area contributed by atoms with Gasteiger partial charge < -0.3 is 29.9 Å². The molecule has 4 heterocycles. The summed E-state index contributed by atoms with van der Waals surface area (Å²) in [4.78, 5) is 73.7. The number of hydrogen-bond acceptors (Lipinski definition) is 11. The number of aliphatic hydroxyl groups is 2. The van der Waals surface area contributed by atoms with Gasteiger partial charge in [-0.25, -0.2) is 19.2 Å². The van der Waals surface area contributed by atoms with E-state index in [9.17, 15) is 56.8 Å². The van der Waals surface area contributed by atoms with Gasteiger partial charge in [-0.05, 0) is 6.92 Å². The maximum atomic E-state index is 13.1. The van der Waals surface area contributed by atoms with Crippen molar-refractivity contribution in [3.63, 3.8) is 0 Å². The van der Waals surface area contributed by atoms with E-state index in [0.29, 0.717) is 4.57 Å². The molecule has 2 aliphatic heterocycles. The average molecular weight is 642 g/mol. The summed E-state index contributed by atoms with van der Waals surface area (Å²) in [7, 11) is -5.07. The minimum absolute atomic E-state index is 0.166. The Kier molecular flexibility index (Phi) is 9.28. The molecule has 0 bridgehead atoms. The van der Waals surface area contributed by atoms with E-state index in [1.165, 1.54) is 18.4 Å². The minimum atomic E-state index is -5.44. The van der Waals surface area contributed by atoms with E-state index in [1.54, 1.807) is 0 Å². The number of ether oxygens (including phenoxy) is 2. The summed E-state index contributed by atoms with van der Waals surface area (Å²) in [5.41, 5.74) is -3.35. The maximum absolute atomic E-state index is 13.1. The fraction of sp³-hybridized carbons (Fsp3) is 0.571. The van der Waals surface area contributed by atoms with Gasteiger partial charge in [-0.3, -0.25) is 38.0 Å². The van der Waals surface area contributed by atoms with Gasteiger partial charge in [0.25, 0.3) is 11.1 Å². The van der Waals surface area contributed by atoms with Gasteiger partial charge in [-0.2, -0.15) is 13.2 Å². The van der Waals surface area contributed by atoms with E-state index in [4.69, 9.17) is 14.0 Å². The highest BCUT2D eigenvalue weighted by molar-refractivity contribution is 7.50. The number of H-pyrrole nitrogens is 2. The van der Waals surface area contributed by atoms with Gasteiger partial charge in [-0.1, -0.05) is 0 Å². The van der Waals surface area contributed by atoms with Crippen LogP contribution in [0.5, 0.6) is 0 Å². The number of aliphatic hydroxyl groups excluding tert-OH is 2. The first-order chi connectivity index (χ1) is 20.0. The molecular weight excluding hydrogens is 616 g/mol. The van der Waals surface area contributed by atoms with Crippen LogP contribution in [0.3, 0.4) is 0 Å². The van der Waals surface area contributed by atoms with E-state index in [-0.39, 0.29) is 12.0 Å². The number of amides is 1. The van der Waals surface area contributed by atoms with Crippen molar-refractivity contribution in [2.45, 2.75) is 62.4 Å². The quantitative estimate of drug-likeness (QED) is 0.135. The molecule has 8 atom stereocenters. The Hall–Kier alpha value is -3.43. The largest absolute Gasteiger partial charge is 0.471 e. The molecule has 22 heteroatoms. The average Bonchev–Trinajstić information content (AvgIpc) is 3.43. The van der Waals surface area contributed by atoms with Gasteiger partial charge >= 0.3 is 31.2 Å². The normalized spacial score (nSPS) is 29.0. The van der Waals surface area contributed by atoms with Crippen LogP contribution in [0.4, 0.5) is 13.2 Å². The summed E-state index contributed by atoms with van der Waals surface area (Å²) >= 11 is 0. The van der Waals surface area contributed by atoms with E-state index >= 15 is 0 Å². The first kappa shape index (κ1) is 32.5. The van der Waals surface area contributed by atoms with Gasteiger partial charge in [0.05, 0.1) is 18.8 Å². The topological polar surface area (TPSA) is 256 Å². The van der Waals surface area contributed by atoms with Gasteiger partial charge in [0, 0.05) is 37.0 Å². The Balaban J connectivity index is 1.52. The number of nitrogens with one attached hydrogen (secondary N) is 4. The Morgan fingerprint density at radius 3 is 2.47 bits per heavy atom. The number of carbonyl (C=O) groups excluding carboxylic acids is 1. The van der Waals surface area contributed by atoms with Gasteiger partial charge in [0.1, 0.15) is 24.5 Å². The highest BCUT2D eigenvalue weighted by Crippen LogP contribution is 2.44. The number of hydrogen-bond donors (Lipinski definition) is 7. The number of aromatic nitrogens is 4.